The summed E-state index contributed by atoms with van der Waals surface area (Å²) in [6, 6.07) is 6.55. The van der Waals surface area contributed by atoms with Crippen LogP contribution in [-0.4, -0.2) is 52.2 Å². The fraction of sp³-hybridized carbons (Fsp3) is 0.450. The van der Waals surface area contributed by atoms with E-state index >= 15 is 0 Å². The molecule has 162 valence electrons. The van der Waals surface area contributed by atoms with Crippen molar-refractivity contribution in [3.05, 3.63) is 29.8 Å². The van der Waals surface area contributed by atoms with Crippen molar-refractivity contribution in [3.63, 3.8) is 0 Å². The number of nitrogens with zero attached hydrogens (tertiary/aromatic N) is 3. The summed E-state index contributed by atoms with van der Waals surface area (Å²) in [7, 11) is 1.23. The van der Waals surface area contributed by atoms with E-state index in [1.165, 1.54) is 26.2 Å². The number of hydrogen-bond donors (Lipinski definition) is 2. The Balaban J connectivity index is 2.13. The zero-order valence-corrected chi connectivity index (χ0v) is 17.9. The van der Waals surface area contributed by atoms with Crippen LogP contribution in [0, 0.1) is 0 Å². The molecule has 2 aromatic rings. The first-order valence-corrected chi connectivity index (χ1v) is 9.53. The summed E-state index contributed by atoms with van der Waals surface area (Å²) in [4.78, 5) is 36.3. The molecule has 2 rings (SSSR count). The van der Waals surface area contributed by atoms with E-state index in [1.54, 1.807) is 12.1 Å². The Bertz CT molecular complexity index is 842. The van der Waals surface area contributed by atoms with Crippen molar-refractivity contribution in [1.29, 1.82) is 0 Å². The van der Waals surface area contributed by atoms with Crippen molar-refractivity contribution < 1.29 is 23.8 Å². The molecule has 0 aliphatic rings. The summed E-state index contributed by atoms with van der Waals surface area (Å²) in [5.74, 6) is -0.0868. The van der Waals surface area contributed by atoms with Crippen LogP contribution in [0.25, 0.3) is 0 Å². The molecule has 30 heavy (non-hydrogen) atoms. The van der Waals surface area contributed by atoms with Crippen molar-refractivity contribution in [2.45, 2.75) is 52.8 Å². The number of esters is 2. The second kappa shape index (κ2) is 10.4. The first-order chi connectivity index (χ1) is 14.2. The molecule has 0 spiro atoms. The number of ether oxygens (including phenoxy) is 3. The van der Waals surface area contributed by atoms with E-state index in [1.807, 2.05) is 27.7 Å². The van der Waals surface area contributed by atoms with Gasteiger partial charge >= 0.3 is 17.9 Å². The van der Waals surface area contributed by atoms with Gasteiger partial charge < -0.3 is 24.8 Å². The predicted octanol–water partition coefficient (Wildman–Crippen LogP) is 3.02. The summed E-state index contributed by atoms with van der Waals surface area (Å²) in [5, 5.41) is 6.24. The first-order valence-electron chi connectivity index (χ1n) is 9.53. The second-order valence-corrected chi connectivity index (χ2v) is 7.06. The minimum Gasteiger partial charge on any atom is -0.466 e. The van der Waals surface area contributed by atoms with Crippen molar-refractivity contribution in [1.82, 2.24) is 15.0 Å². The molecule has 0 bridgehead atoms. The molecule has 1 aromatic carbocycles. The molecule has 0 radical (unpaired) electrons. The average Bonchev–Trinajstić information content (AvgIpc) is 2.66. The highest BCUT2D eigenvalue weighted by atomic mass is 16.6. The molecular weight excluding hydrogens is 390 g/mol. The van der Waals surface area contributed by atoms with Crippen LogP contribution in [0.5, 0.6) is 11.8 Å². The lowest BCUT2D eigenvalue weighted by atomic mass is 10.2. The van der Waals surface area contributed by atoms with Gasteiger partial charge in [0.15, 0.2) is 6.10 Å². The number of anilines is 2. The smallest absolute Gasteiger partial charge is 0.346 e. The maximum Gasteiger partial charge on any atom is 0.346 e. The summed E-state index contributed by atoms with van der Waals surface area (Å²) < 4.78 is 15.3. The van der Waals surface area contributed by atoms with Gasteiger partial charge in [-0.1, -0.05) is 0 Å². The minimum absolute atomic E-state index is 0.103. The predicted molar refractivity (Wildman–Crippen MR) is 111 cm³/mol. The topological polar surface area (TPSA) is 125 Å². The molecule has 1 heterocycles. The third-order valence-corrected chi connectivity index (χ3v) is 3.57. The highest BCUT2D eigenvalue weighted by Crippen LogP contribution is 2.21. The van der Waals surface area contributed by atoms with Crippen molar-refractivity contribution >= 4 is 23.8 Å². The number of nitrogens with one attached hydrogen (secondary N) is 2. The number of carbonyl (C=O) groups excluding carboxylic acids is 2. The normalized spacial score (nSPS) is 11.7. The van der Waals surface area contributed by atoms with Crippen LogP contribution in [0.15, 0.2) is 24.3 Å². The van der Waals surface area contributed by atoms with Gasteiger partial charge in [0.25, 0.3) is 0 Å². The molecule has 0 fully saturated rings. The highest BCUT2D eigenvalue weighted by molar-refractivity contribution is 5.91. The van der Waals surface area contributed by atoms with Crippen LogP contribution in [0.4, 0.5) is 11.9 Å². The van der Waals surface area contributed by atoms with Crippen molar-refractivity contribution in [2.75, 3.05) is 17.7 Å². The maximum absolute atomic E-state index is 12.1. The minimum atomic E-state index is -0.998. The Morgan fingerprint density at radius 3 is 1.87 bits per heavy atom. The van der Waals surface area contributed by atoms with Crippen LogP contribution >= 0.6 is 0 Å². The van der Waals surface area contributed by atoms with Gasteiger partial charge in [-0.05, 0) is 58.9 Å². The Hall–Kier alpha value is -3.43. The number of rotatable bonds is 9. The van der Waals surface area contributed by atoms with E-state index < -0.39 is 18.0 Å². The van der Waals surface area contributed by atoms with E-state index in [4.69, 9.17) is 9.47 Å². The molecule has 0 saturated heterocycles. The maximum atomic E-state index is 12.1. The lowest BCUT2D eigenvalue weighted by Gasteiger charge is -2.13. The van der Waals surface area contributed by atoms with Gasteiger partial charge in [-0.15, -0.1) is 0 Å². The largest absolute Gasteiger partial charge is 0.466 e. The van der Waals surface area contributed by atoms with Crippen LogP contribution in [-0.2, 0) is 14.3 Å². The van der Waals surface area contributed by atoms with E-state index in [-0.39, 0.29) is 23.7 Å². The Labute approximate surface area is 175 Å². The van der Waals surface area contributed by atoms with Gasteiger partial charge in [0.1, 0.15) is 5.75 Å². The van der Waals surface area contributed by atoms with Gasteiger partial charge in [-0.2, -0.15) is 15.0 Å². The van der Waals surface area contributed by atoms with E-state index in [2.05, 4.69) is 30.3 Å². The molecule has 0 aliphatic carbocycles. The van der Waals surface area contributed by atoms with Crippen LogP contribution < -0.4 is 15.4 Å². The summed E-state index contributed by atoms with van der Waals surface area (Å²) in [6.07, 6.45) is -0.998. The fourth-order valence-electron chi connectivity index (χ4n) is 2.25. The third kappa shape index (κ3) is 6.87. The van der Waals surface area contributed by atoms with E-state index in [9.17, 15) is 9.59 Å². The number of benzene rings is 1. The molecule has 10 heteroatoms. The van der Waals surface area contributed by atoms with Gasteiger partial charge in [-0.25, -0.2) is 9.59 Å². The van der Waals surface area contributed by atoms with Gasteiger partial charge in [0.05, 0.1) is 12.7 Å². The molecule has 1 aromatic heterocycles. The average molecular weight is 417 g/mol. The Morgan fingerprint density at radius 1 is 0.867 bits per heavy atom. The number of hydrogen-bond acceptors (Lipinski definition) is 10. The lowest BCUT2D eigenvalue weighted by molar-refractivity contribution is -0.149. The highest BCUT2D eigenvalue weighted by Gasteiger charge is 2.19. The zero-order chi connectivity index (χ0) is 22.3. The standard InChI is InChI=1S/C20H27N5O5/c1-11(2)21-18-23-19(22-12(3)4)25-20(24-18)30-15-9-7-14(8-10-15)17(27)29-13(5)16(26)28-6/h7-13H,1-6H3,(H2,21,22,23,24,25). The monoisotopic (exact) mass is 417 g/mol. The molecule has 2 N–H and O–H groups in total. The van der Waals surface area contributed by atoms with Crippen LogP contribution in [0.1, 0.15) is 45.0 Å². The summed E-state index contributed by atoms with van der Waals surface area (Å²) in [6.45, 7) is 9.32. The second-order valence-electron chi connectivity index (χ2n) is 7.06. The summed E-state index contributed by atoms with van der Waals surface area (Å²) in [5.41, 5.74) is 0.262. The molecule has 1 atom stereocenters. The van der Waals surface area contributed by atoms with Gasteiger partial charge in [0.2, 0.25) is 11.9 Å². The van der Waals surface area contributed by atoms with E-state index in [0.29, 0.717) is 17.6 Å². The quantitative estimate of drug-likeness (QED) is 0.588. The van der Waals surface area contributed by atoms with Crippen LogP contribution in [0.3, 0.4) is 0 Å². The number of carbonyl (C=O) groups is 2. The molecule has 0 amide bonds. The fourth-order valence-corrected chi connectivity index (χ4v) is 2.25. The number of aromatic nitrogens is 3. The molecule has 0 aliphatic heterocycles. The van der Waals surface area contributed by atoms with Crippen molar-refractivity contribution in [3.8, 4) is 11.8 Å². The van der Waals surface area contributed by atoms with Gasteiger partial charge in [-0.3, -0.25) is 0 Å². The van der Waals surface area contributed by atoms with Crippen molar-refractivity contribution in [2.24, 2.45) is 0 Å². The number of methoxy groups -OCH3 is 1. The van der Waals surface area contributed by atoms with Gasteiger partial charge in [0, 0.05) is 12.1 Å². The molecule has 1 unspecified atom stereocenters. The molecule has 0 saturated carbocycles. The molecule has 10 nitrogen and oxygen atoms in total. The lowest BCUT2D eigenvalue weighted by Crippen LogP contribution is -2.25. The summed E-state index contributed by atoms with van der Waals surface area (Å²) >= 11 is 0. The SMILES string of the molecule is COC(=O)C(C)OC(=O)c1ccc(Oc2nc(NC(C)C)nc(NC(C)C)n2)cc1. The van der Waals surface area contributed by atoms with Crippen LogP contribution in [0.2, 0.25) is 0 Å². The Morgan fingerprint density at radius 2 is 1.40 bits per heavy atom. The third-order valence-electron chi connectivity index (χ3n) is 3.57. The van der Waals surface area contributed by atoms with E-state index in [0.717, 1.165) is 0 Å². The first kappa shape index (κ1) is 22.9. The zero-order valence-electron chi connectivity index (χ0n) is 17.9. The molecular formula is C20H27N5O5. The Kier molecular flexibility index (Phi) is 7.90.